The first-order valence-corrected chi connectivity index (χ1v) is 14.0. The Morgan fingerprint density at radius 3 is 2.62 bits per heavy atom. The molecule has 0 unspecified atom stereocenters. The molecule has 4 rings (SSSR count). The third-order valence-electron chi connectivity index (χ3n) is 6.86. The van der Waals surface area contributed by atoms with E-state index in [0.717, 1.165) is 17.8 Å². The van der Waals surface area contributed by atoms with Gasteiger partial charge in [0.1, 0.15) is 23.0 Å². The van der Waals surface area contributed by atoms with E-state index in [-0.39, 0.29) is 28.4 Å². The SMILES string of the molecule is C/C=C1/C=C(C(=O)Nc2cc(C(=O)NCc3cccc(F)c3)ccc2Cl)C(=O)N/C1=N/C(=C(\C)CC)N1CCOCC1. The van der Waals surface area contributed by atoms with Crippen molar-refractivity contribution >= 4 is 40.8 Å². The molecule has 0 atom stereocenters. The number of hydrogen-bond acceptors (Lipinski definition) is 6. The van der Waals surface area contributed by atoms with Crippen LogP contribution in [0, 0.1) is 5.82 Å². The number of hydrogen-bond donors (Lipinski definition) is 3. The number of rotatable bonds is 8. The molecule has 3 amide bonds. The van der Waals surface area contributed by atoms with Crippen molar-refractivity contribution in [2.24, 2.45) is 4.99 Å². The molecule has 3 N–H and O–H groups in total. The summed E-state index contributed by atoms with van der Waals surface area (Å²) in [5, 5.41) is 8.30. The van der Waals surface area contributed by atoms with Gasteiger partial charge in [-0.15, -0.1) is 0 Å². The lowest BCUT2D eigenvalue weighted by atomic mass is 10.0. The van der Waals surface area contributed by atoms with Crippen LogP contribution in [0.15, 0.2) is 82.1 Å². The molecule has 220 valence electrons. The first-order valence-electron chi connectivity index (χ1n) is 13.6. The van der Waals surface area contributed by atoms with Gasteiger partial charge in [0.25, 0.3) is 17.7 Å². The van der Waals surface area contributed by atoms with Gasteiger partial charge in [-0.1, -0.05) is 36.7 Å². The molecule has 0 aliphatic carbocycles. The molecule has 2 aliphatic rings. The van der Waals surface area contributed by atoms with Gasteiger partial charge in [0.2, 0.25) is 0 Å². The monoisotopic (exact) mass is 593 g/mol. The molecule has 2 aromatic rings. The molecule has 1 fully saturated rings. The molecule has 0 saturated carbocycles. The standard InChI is InChI=1S/C31H33ClFN5O4/c1-4-19(3)28(38-11-13-42-14-12-38)36-27-21(5-2)16-24(31(41)37-27)30(40)35-26-17-22(9-10-25(26)32)29(39)34-18-20-7-6-8-23(33)15-20/h5-10,15-17H,4,11-14,18H2,1-3H3,(H,34,39)(H,35,40)(H,36,37,41)/b21-5-,28-19-. The van der Waals surface area contributed by atoms with E-state index in [0.29, 0.717) is 43.3 Å². The number of morpholine rings is 1. The fraction of sp³-hybridized carbons (Fsp3) is 0.290. The topological polar surface area (TPSA) is 112 Å². The molecule has 0 radical (unpaired) electrons. The minimum absolute atomic E-state index is 0.115. The van der Waals surface area contributed by atoms with Gasteiger partial charge >= 0.3 is 0 Å². The summed E-state index contributed by atoms with van der Waals surface area (Å²) in [6.45, 7) is 8.52. The molecule has 2 aromatic carbocycles. The Labute approximate surface area is 249 Å². The highest BCUT2D eigenvalue weighted by molar-refractivity contribution is 6.35. The van der Waals surface area contributed by atoms with E-state index in [4.69, 9.17) is 21.3 Å². The van der Waals surface area contributed by atoms with Gasteiger partial charge in [-0.05, 0) is 67.8 Å². The van der Waals surface area contributed by atoms with Crippen molar-refractivity contribution in [3.8, 4) is 0 Å². The summed E-state index contributed by atoms with van der Waals surface area (Å²) < 4.78 is 18.9. The Hall–Kier alpha value is -4.28. The van der Waals surface area contributed by atoms with Crippen molar-refractivity contribution in [2.75, 3.05) is 31.6 Å². The maximum Gasteiger partial charge on any atom is 0.262 e. The Balaban J connectivity index is 1.51. The number of ether oxygens (including phenoxy) is 1. The second-order valence-corrected chi connectivity index (χ2v) is 10.1. The molecule has 0 spiro atoms. The third-order valence-corrected chi connectivity index (χ3v) is 7.19. The number of carbonyl (C=O) groups excluding carboxylic acids is 3. The van der Waals surface area contributed by atoms with Gasteiger partial charge in [-0.2, -0.15) is 0 Å². The molecule has 2 aliphatic heterocycles. The van der Waals surface area contributed by atoms with Crippen LogP contribution in [0.2, 0.25) is 5.02 Å². The summed E-state index contributed by atoms with van der Waals surface area (Å²) in [7, 11) is 0. The number of nitrogens with zero attached hydrogens (tertiary/aromatic N) is 2. The van der Waals surface area contributed by atoms with Crippen molar-refractivity contribution in [1.82, 2.24) is 15.5 Å². The molecule has 1 saturated heterocycles. The maximum atomic E-state index is 13.4. The third kappa shape index (κ3) is 7.51. The Morgan fingerprint density at radius 2 is 1.93 bits per heavy atom. The molecule has 0 bridgehead atoms. The van der Waals surface area contributed by atoms with Crippen LogP contribution in [-0.2, 0) is 20.9 Å². The lowest BCUT2D eigenvalue weighted by molar-refractivity contribution is -0.120. The van der Waals surface area contributed by atoms with E-state index in [9.17, 15) is 18.8 Å². The highest BCUT2D eigenvalue weighted by atomic mass is 35.5. The number of nitrogens with one attached hydrogen (secondary N) is 3. The number of anilines is 1. The molecule has 0 aromatic heterocycles. The predicted molar refractivity (Wildman–Crippen MR) is 160 cm³/mol. The summed E-state index contributed by atoms with van der Waals surface area (Å²) in [6, 6.07) is 10.3. The zero-order chi connectivity index (χ0) is 30.2. The fourth-order valence-electron chi connectivity index (χ4n) is 4.38. The van der Waals surface area contributed by atoms with Gasteiger partial charge in [-0.3, -0.25) is 14.4 Å². The second kappa shape index (κ2) is 14.1. The molecule has 2 heterocycles. The largest absolute Gasteiger partial charge is 0.378 e. The van der Waals surface area contributed by atoms with Crippen LogP contribution < -0.4 is 16.0 Å². The van der Waals surface area contributed by atoms with E-state index in [2.05, 4.69) is 20.9 Å². The number of amides is 3. The summed E-state index contributed by atoms with van der Waals surface area (Å²) >= 11 is 6.31. The minimum atomic E-state index is -0.696. The van der Waals surface area contributed by atoms with Crippen LogP contribution in [0.4, 0.5) is 10.1 Å². The molecule has 9 nitrogen and oxygen atoms in total. The van der Waals surface area contributed by atoms with E-state index in [1.807, 2.05) is 13.8 Å². The average molecular weight is 594 g/mol. The first kappa shape index (κ1) is 30.7. The number of allylic oxidation sites excluding steroid dienone is 2. The average Bonchev–Trinajstić information content (AvgIpc) is 2.99. The zero-order valence-corrected chi connectivity index (χ0v) is 24.5. The first-order chi connectivity index (χ1) is 20.2. The second-order valence-electron chi connectivity index (χ2n) is 9.73. The highest BCUT2D eigenvalue weighted by Gasteiger charge is 2.28. The van der Waals surface area contributed by atoms with Gasteiger partial charge < -0.3 is 25.6 Å². The van der Waals surface area contributed by atoms with Crippen molar-refractivity contribution < 1.29 is 23.5 Å². The van der Waals surface area contributed by atoms with Crippen LogP contribution >= 0.6 is 11.6 Å². The van der Waals surface area contributed by atoms with Crippen LogP contribution in [-0.4, -0.2) is 54.8 Å². The Bertz CT molecular complexity index is 1510. The molecule has 42 heavy (non-hydrogen) atoms. The van der Waals surface area contributed by atoms with E-state index in [1.54, 1.807) is 25.1 Å². The molecular formula is C31H33ClFN5O4. The summed E-state index contributed by atoms with van der Waals surface area (Å²) in [5.41, 5.74) is 2.49. The van der Waals surface area contributed by atoms with Crippen LogP contribution in [0.1, 0.15) is 43.1 Å². The smallest absolute Gasteiger partial charge is 0.262 e. The Kier molecular flexibility index (Phi) is 10.3. The van der Waals surface area contributed by atoms with Crippen molar-refractivity contribution in [2.45, 2.75) is 33.7 Å². The normalized spacial score (nSPS) is 17.9. The van der Waals surface area contributed by atoms with E-state index in [1.165, 1.54) is 36.4 Å². The lowest BCUT2D eigenvalue weighted by Crippen LogP contribution is -2.41. The number of aliphatic imine (C=N–C) groups is 1. The van der Waals surface area contributed by atoms with Gasteiger partial charge in [0, 0.05) is 30.8 Å². The number of amidine groups is 1. The summed E-state index contributed by atoms with van der Waals surface area (Å²) in [6.07, 6.45) is 4.03. The van der Waals surface area contributed by atoms with Crippen molar-refractivity contribution in [3.63, 3.8) is 0 Å². The quantitative estimate of drug-likeness (QED) is 0.384. The van der Waals surface area contributed by atoms with Crippen LogP contribution in [0.5, 0.6) is 0 Å². The van der Waals surface area contributed by atoms with Gasteiger partial charge in [0.05, 0.1) is 23.9 Å². The molecular weight excluding hydrogens is 561 g/mol. The highest BCUT2D eigenvalue weighted by Crippen LogP contribution is 2.25. The van der Waals surface area contributed by atoms with E-state index < -0.39 is 23.5 Å². The van der Waals surface area contributed by atoms with Crippen LogP contribution in [0.3, 0.4) is 0 Å². The predicted octanol–water partition coefficient (Wildman–Crippen LogP) is 4.72. The summed E-state index contributed by atoms with van der Waals surface area (Å²) in [5.74, 6) is -1.03. The number of halogens is 2. The Morgan fingerprint density at radius 1 is 1.17 bits per heavy atom. The van der Waals surface area contributed by atoms with E-state index >= 15 is 0 Å². The van der Waals surface area contributed by atoms with Crippen molar-refractivity contribution in [1.29, 1.82) is 0 Å². The van der Waals surface area contributed by atoms with Gasteiger partial charge in [-0.25, -0.2) is 9.38 Å². The van der Waals surface area contributed by atoms with Gasteiger partial charge in [0.15, 0.2) is 0 Å². The molecule has 11 heteroatoms. The number of carbonyl (C=O) groups is 3. The fourth-order valence-corrected chi connectivity index (χ4v) is 4.54. The lowest BCUT2D eigenvalue weighted by Gasteiger charge is -2.31. The van der Waals surface area contributed by atoms with Crippen LogP contribution in [0.25, 0.3) is 0 Å². The minimum Gasteiger partial charge on any atom is -0.378 e. The van der Waals surface area contributed by atoms with Crippen molar-refractivity contribution in [3.05, 3.63) is 99.1 Å². The zero-order valence-electron chi connectivity index (χ0n) is 23.7. The maximum absolute atomic E-state index is 13.4. The summed E-state index contributed by atoms with van der Waals surface area (Å²) in [4.78, 5) is 45.9. The number of benzene rings is 2.